The van der Waals surface area contributed by atoms with Crippen LogP contribution in [0.4, 0.5) is 0 Å². The third kappa shape index (κ3) is 3.89. The molecule has 0 bridgehead atoms. The van der Waals surface area contributed by atoms with E-state index in [1.807, 2.05) is 0 Å². The molecule has 1 aliphatic rings. The molecule has 2 heterocycles. The van der Waals surface area contributed by atoms with Crippen LogP contribution in [-0.2, 0) is 16.0 Å². The Bertz CT molecular complexity index is 568. The normalized spacial score (nSPS) is 19.6. The average Bonchev–Trinajstić information content (AvgIpc) is 2.43. The van der Waals surface area contributed by atoms with Crippen LogP contribution in [0.5, 0.6) is 0 Å². The van der Waals surface area contributed by atoms with E-state index in [0.717, 1.165) is 19.5 Å². The molecular weight excluding hydrogens is 274 g/mol. The number of carboxylic acid groups (broad SMARTS) is 1. The standard InChI is InChI=1S/C14H21N3O4/c1-3-4-17-5-6-21-11(8-17)13-15-9(2)10(7-12(18)19)14(20)16-13/h11H,3-8H2,1-2H3,(H,18,19)(H,15,16,20). The second-order valence-electron chi connectivity index (χ2n) is 5.25. The first kappa shape index (κ1) is 15.7. The molecular formula is C14H21N3O4. The molecule has 1 fully saturated rings. The summed E-state index contributed by atoms with van der Waals surface area (Å²) in [5.41, 5.74) is 0.260. The number of aliphatic carboxylic acids is 1. The summed E-state index contributed by atoms with van der Waals surface area (Å²) in [6, 6.07) is 0. The molecule has 21 heavy (non-hydrogen) atoms. The van der Waals surface area contributed by atoms with Gasteiger partial charge >= 0.3 is 5.97 Å². The number of H-pyrrole nitrogens is 1. The Kier molecular flexibility index (Phi) is 5.08. The Morgan fingerprint density at radius 1 is 1.57 bits per heavy atom. The van der Waals surface area contributed by atoms with Gasteiger partial charge in [-0.3, -0.25) is 14.5 Å². The van der Waals surface area contributed by atoms with Crippen LogP contribution in [0, 0.1) is 6.92 Å². The van der Waals surface area contributed by atoms with Gasteiger partial charge in [0.05, 0.1) is 13.0 Å². The lowest BCUT2D eigenvalue weighted by molar-refractivity contribution is -0.136. The summed E-state index contributed by atoms with van der Waals surface area (Å²) in [5, 5.41) is 8.82. The Balaban J connectivity index is 2.21. The number of aromatic nitrogens is 2. The predicted octanol–water partition coefficient (Wildman–Crippen LogP) is 0.489. The number of rotatable bonds is 5. The predicted molar refractivity (Wildman–Crippen MR) is 76.4 cm³/mol. The van der Waals surface area contributed by atoms with E-state index in [0.29, 0.717) is 24.7 Å². The first-order chi connectivity index (χ1) is 10.0. The Morgan fingerprint density at radius 2 is 2.33 bits per heavy atom. The summed E-state index contributed by atoms with van der Waals surface area (Å²) < 4.78 is 5.68. The highest BCUT2D eigenvalue weighted by molar-refractivity contribution is 5.70. The number of carboxylic acids is 1. The van der Waals surface area contributed by atoms with E-state index in [-0.39, 0.29) is 18.1 Å². The van der Waals surface area contributed by atoms with Gasteiger partial charge in [-0.25, -0.2) is 4.98 Å². The number of morpholine rings is 1. The largest absolute Gasteiger partial charge is 0.481 e. The first-order valence-electron chi connectivity index (χ1n) is 7.16. The van der Waals surface area contributed by atoms with Crippen molar-refractivity contribution >= 4 is 5.97 Å². The number of aromatic amines is 1. The van der Waals surface area contributed by atoms with Crippen molar-refractivity contribution in [3.63, 3.8) is 0 Å². The van der Waals surface area contributed by atoms with E-state index in [1.165, 1.54) is 0 Å². The third-order valence-corrected chi connectivity index (χ3v) is 3.56. The number of hydrogen-bond donors (Lipinski definition) is 2. The minimum absolute atomic E-state index is 0.201. The van der Waals surface area contributed by atoms with Crippen LogP contribution in [0.25, 0.3) is 0 Å². The molecule has 7 nitrogen and oxygen atoms in total. The summed E-state index contributed by atoms with van der Waals surface area (Å²) in [4.78, 5) is 32.1. The van der Waals surface area contributed by atoms with Gasteiger partial charge in [0.1, 0.15) is 11.9 Å². The zero-order chi connectivity index (χ0) is 15.4. The quantitative estimate of drug-likeness (QED) is 0.821. The van der Waals surface area contributed by atoms with Crippen LogP contribution in [0.15, 0.2) is 4.79 Å². The van der Waals surface area contributed by atoms with Gasteiger partial charge in [0, 0.05) is 24.3 Å². The molecule has 0 radical (unpaired) electrons. The lowest BCUT2D eigenvalue weighted by Crippen LogP contribution is -2.40. The topological polar surface area (TPSA) is 95.5 Å². The van der Waals surface area contributed by atoms with E-state index >= 15 is 0 Å². The summed E-state index contributed by atoms with van der Waals surface area (Å²) in [5.74, 6) is -0.561. The summed E-state index contributed by atoms with van der Waals surface area (Å²) in [6.07, 6.45) is 0.477. The molecule has 1 aliphatic heterocycles. The Morgan fingerprint density at radius 3 is 2.95 bits per heavy atom. The van der Waals surface area contributed by atoms with Crippen molar-refractivity contribution in [2.45, 2.75) is 32.8 Å². The molecule has 116 valence electrons. The maximum absolute atomic E-state index is 12.0. The molecule has 7 heteroatoms. The monoisotopic (exact) mass is 295 g/mol. The van der Waals surface area contributed by atoms with Gasteiger partial charge < -0.3 is 14.8 Å². The van der Waals surface area contributed by atoms with Crippen molar-refractivity contribution in [2.75, 3.05) is 26.2 Å². The van der Waals surface area contributed by atoms with Gasteiger partial charge in [-0.1, -0.05) is 6.92 Å². The van der Waals surface area contributed by atoms with Crippen LogP contribution in [-0.4, -0.2) is 52.2 Å². The van der Waals surface area contributed by atoms with Gasteiger partial charge in [0.2, 0.25) is 0 Å². The van der Waals surface area contributed by atoms with E-state index in [1.54, 1.807) is 6.92 Å². The molecule has 1 aromatic heterocycles. The summed E-state index contributed by atoms with van der Waals surface area (Å²) >= 11 is 0. The highest BCUT2D eigenvalue weighted by atomic mass is 16.5. The number of hydrogen-bond acceptors (Lipinski definition) is 5. The van der Waals surface area contributed by atoms with Crippen LogP contribution >= 0.6 is 0 Å². The number of ether oxygens (including phenoxy) is 1. The van der Waals surface area contributed by atoms with Crippen LogP contribution in [0.3, 0.4) is 0 Å². The Hall–Kier alpha value is -1.73. The number of carbonyl (C=O) groups is 1. The van der Waals surface area contributed by atoms with Gasteiger partial charge in [-0.15, -0.1) is 0 Å². The number of nitrogens with zero attached hydrogens (tertiary/aromatic N) is 2. The van der Waals surface area contributed by atoms with Gasteiger partial charge in [0.15, 0.2) is 0 Å². The highest BCUT2D eigenvalue weighted by Gasteiger charge is 2.24. The smallest absolute Gasteiger partial charge is 0.308 e. The molecule has 1 atom stereocenters. The molecule has 0 saturated carbocycles. The number of nitrogens with one attached hydrogen (secondary N) is 1. The van der Waals surface area contributed by atoms with Crippen molar-refractivity contribution in [1.29, 1.82) is 0 Å². The third-order valence-electron chi connectivity index (χ3n) is 3.56. The fraction of sp³-hybridized carbons (Fsp3) is 0.643. The maximum Gasteiger partial charge on any atom is 0.308 e. The molecule has 2 rings (SSSR count). The molecule has 0 aromatic carbocycles. The SMILES string of the molecule is CCCN1CCOC(c2nc(C)c(CC(=O)O)c(=O)[nH]2)C1. The zero-order valence-corrected chi connectivity index (χ0v) is 12.4. The molecule has 0 spiro atoms. The molecule has 0 amide bonds. The second kappa shape index (κ2) is 6.82. The molecule has 2 N–H and O–H groups in total. The fourth-order valence-corrected chi connectivity index (χ4v) is 2.53. The van der Waals surface area contributed by atoms with E-state index < -0.39 is 11.5 Å². The number of aryl methyl sites for hydroxylation is 1. The molecule has 1 saturated heterocycles. The highest BCUT2D eigenvalue weighted by Crippen LogP contribution is 2.19. The van der Waals surface area contributed by atoms with Crippen molar-refractivity contribution in [2.24, 2.45) is 0 Å². The maximum atomic E-state index is 12.0. The van der Waals surface area contributed by atoms with Gasteiger partial charge in [-0.2, -0.15) is 0 Å². The molecule has 0 aliphatic carbocycles. The summed E-state index contributed by atoms with van der Waals surface area (Å²) in [7, 11) is 0. The summed E-state index contributed by atoms with van der Waals surface area (Å²) in [6.45, 7) is 6.93. The van der Waals surface area contributed by atoms with E-state index in [4.69, 9.17) is 9.84 Å². The van der Waals surface area contributed by atoms with Crippen molar-refractivity contribution in [1.82, 2.24) is 14.9 Å². The minimum atomic E-state index is -1.04. The Labute approximate surface area is 123 Å². The van der Waals surface area contributed by atoms with Crippen LogP contribution in [0.2, 0.25) is 0 Å². The fourth-order valence-electron chi connectivity index (χ4n) is 2.53. The van der Waals surface area contributed by atoms with Crippen LogP contribution in [0.1, 0.15) is 36.5 Å². The van der Waals surface area contributed by atoms with Crippen molar-refractivity contribution in [3.8, 4) is 0 Å². The minimum Gasteiger partial charge on any atom is -0.481 e. The average molecular weight is 295 g/mol. The van der Waals surface area contributed by atoms with Gasteiger partial charge in [0.25, 0.3) is 5.56 Å². The first-order valence-corrected chi connectivity index (χ1v) is 7.16. The van der Waals surface area contributed by atoms with Gasteiger partial charge in [-0.05, 0) is 19.9 Å². The van der Waals surface area contributed by atoms with E-state index in [9.17, 15) is 9.59 Å². The van der Waals surface area contributed by atoms with Crippen molar-refractivity contribution in [3.05, 3.63) is 27.4 Å². The zero-order valence-electron chi connectivity index (χ0n) is 12.4. The van der Waals surface area contributed by atoms with Crippen molar-refractivity contribution < 1.29 is 14.6 Å². The lowest BCUT2D eigenvalue weighted by atomic mass is 10.1. The van der Waals surface area contributed by atoms with E-state index in [2.05, 4.69) is 21.8 Å². The molecule has 1 unspecified atom stereocenters. The van der Waals surface area contributed by atoms with Crippen LogP contribution < -0.4 is 5.56 Å². The molecule has 1 aromatic rings. The second-order valence-corrected chi connectivity index (χ2v) is 5.25. The lowest BCUT2D eigenvalue weighted by Gasteiger charge is -2.32.